The highest BCUT2D eigenvalue weighted by Gasteiger charge is 1.96. The summed E-state index contributed by atoms with van der Waals surface area (Å²) in [4.78, 5) is 0. The fourth-order valence-corrected chi connectivity index (χ4v) is 0.194. The summed E-state index contributed by atoms with van der Waals surface area (Å²) >= 11 is 0. The second-order valence-corrected chi connectivity index (χ2v) is 2.58. The van der Waals surface area contributed by atoms with Crippen LogP contribution in [0.15, 0.2) is 0 Å². The summed E-state index contributed by atoms with van der Waals surface area (Å²) in [5.41, 5.74) is 0. The van der Waals surface area contributed by atoms with E-state index in [1.807, 2.05) is 13.5 Å². The Balaban J connectivity index is 2.75. The summed E-state index contributed by atoms with van der Waals surface area (Å²) in [6, 6.07) is 0. The van der Waals surface area contributed by atoms with Crippen LogP contribution in [0.3, 0.4) is 0 Å². The molecule has 0 radical (unpaired) electrons. The Kier molecular flexibility index (Phi) is 3.85. The van der Waals surface area contributed by atoms with Gasteiger partial charge in [-0.2, -0.15) is 0 Å². The molecule has 0 spiro atoms. The largest absolute Gasteiger partial charge is 0.328 e. The predicted octanol–water partition coefficient (Wildman–Crippen LogP) is 0.391. The minimum atomic E-state index is 0.269. The van der Waals surface area contributed by atoms with Crippen LogP contribution < -0.4 is 5.39 Å². The first-order valence-electron chi connectivity index (χ1n) is 1.88. The number of rotatable bonds is 2. The van der Waals surface area contributed by atoms with E-state index in [2.05, 4.69) is 5.39 Å². The van der Waals surface area contributed by atoms with E-state index < -0.39 is 0 Å². The summed E-state index contributed by atoms with van der Waals surface area (Å²) in [6.07, 6.45) is 0. The van der Waals surface area contributed by atoms with Crippen molar-refractivity contribution in [2.45, 2.75) is 6.82 Å². The normalized spacial score (nSPS) is 10.5. The van der Waals surface area contributed by atoms with Crippen LogP contribution in [0.4, 0.5) is 0 Å². The van der Waals surface area contributed by atoms with Crippen LogP contribution in [0.5, 0.6) is 0 Å². The van der Waals surface area contributed by atoms with Crippen LogP contribution >= 0.6 is 8.46 Å². The zero-order valence-electron chi connectivity index (χ0n) is 4.02. The van der Waals surface area contributed by atoms with Gasteiger partial charge in [0.25, 0.3) is 6.57 Å². The highest BCUT2D eigenvalue weighted by molar-refractivity contribution is 7.74. The molecular weight excluding hydrogens is 95.8 g/mol. The summed E-state index contributed by atoms with van der Waals surface area (Å²) in [7, 11) is 0.770. The van der Waals surface area contributed by atoms with Gasteiger partial charge in [-0.1, -0.05) is 13.5 Å². The average molecular weight is 105 g/mol. The molecule has 6 heavy (non-hydrogen) atoms. The molecule has 0 aromatic rings. The van der Waals surface area contributed by atoms with Crippen LogP contribution in [0.25, 0.3) is 0 Å². The van der Waals surface area contributed by atoms with Gasteiger partial charge >= 0.3 is 0 Å². The Bertz CT molecular complexity index is 32.7. The van der Waals surface area contributed by atoms with Crippen molar-refractivity contribution in [3.8, 4) is 0 Å². The molecule has 0 saturated carbocycles. The molecule has 0 saturated heterocycles. The summed E-state index contributed by atoms with van der Waals surface area (Å²) in [5.74, 6) is 0. The van der Waals surface area contributed by atoms with Crippen LogP contribution in [0.1, 0.15) is 0 Å². The summed E-state index contributed by atoms with van der Waals surface area (Å²) < 4.78 is 0. The molecule has 0 aromatic carbocycles. The SMILES string of the molecule is CPB(C)NO. The van der Waals surface area contributed by atoms with Crippen molar-refractivity contribution in [2.24, 2.45) is 0 Å². The van der Waals surface area contributed by atoms with Crippen molar-refractivity contribution in [3.63, 3.8) is 0 Å². The molecule has 1 atom stereocenters. The molecule has 36 valence electrons. The van der Waals surface area contributed by atoms with Gasteiger partial charge in [-0.25, -0.2) is 5.39 Å². The molecule has 2 N–H and O–H groups in total. The van der Waals surface area contributed by atoms with E-state index >= 15 is 0 Å². The molecule has 0 amide bonds. The molecule has 0 aliphatic heterocycles. The van der Waals surface area contributed by atoms with E-state index in [1.165, 1.54) is 0 Å². The Morgan fingerprint density at radius 3 is 2.33 bits per heavy atom. The van der Waals surface area contributed by atoms with Gasteiger partial charge in [-0.15, -0.1) is 8.46 Å². The first-order valence-corrected chi connectivity index (χ1v) is 3.46. The molecule has 0 bridgehead atoms. The number of nitrogens with one attached hydrogen (secondary N) is 1. The second kappa shape index (κ2) is 3.60. The zero-order valence-corrected chi connectivity index (χ0v) is 5.02. The van der Waals surface area contributed by atoms with Crippen LogP contribution in [0, 0.1) is 0 Å². The van der Waals surface area contributed by atoms with E-state index in [9.17, 15) is 0 Å². The van der Waals surface area contributed by atoms with E-state index in [4.69, 9.17) is 5.21 Å². The van der Waals surface area contributed by atoms with Crippen molar-refractivity contribution in [1.82, 2.24) is 5.39 Å². The Hall–Kier alpha value is 0.415. The van der Waals surface area contributed by atoms with Gasteiger partial charge in [0.2, 0.25) is 0 Å². The van der Waals surface area contributed by atoms with Gasteiger partial charge in [0, 0.05) is 0 Å². The Morgan fingerprint density at radius 2 is 2.33 bits per heavy atom. The number of hydrogen-bond donors (Lipinski definition) is 2. The van der Waals surface area contributed by atoms with E-state index in [1.54, 1.807) is 0 Å². The highest BCUT2D eigenvalue weighted by atomic mass is 31.1. The van der Waals surface area contributed by atoms with Crippen molar-refractivity contribution in [2.75, 3.05) is 6.66 Å². The molecule has 1 unspecified atom stereocenters. The summed E-state index contributed by atoms with van der Waals surface area (Å²) in [6.45, 7) is 4.23. The standard InChI is InChI=1S/C2H9BNOP/c1-3(4-5)6-2/h4-6H,1-2H3. The number of hydrogen-bond acceptors (Lipinski definition) is 2. The van der Waals surface area contributed by atoms with Gasteiger partial charge in [0.05, 0.1) is 0 Å². The maximum Gasteiger partial charge on any atom is 0.272 e. The highest BCUT2D eigenvalue weighted by Crippen LogP contribution is 2.02. The molecule has 0 fully saturated rings. The van der Waals surface area contributed by atoms with Crippen molar-refractivity contribution in [1.29, 1.82) is 0 Å². The lowest BCUT2D eigenvalue weighted by Gasteiger charge is -1.95. The molecule has 0 heterocycles. The van der Waals surface area contributed by atoms with Crippen molar-refractivity contribution in [3.05, 3.63) is 0 Å². The molecule has 4 heteroatoms. The van der Waals surface area contributed by atoms with Gasteiger partial charge in [-0.05, 0) is 0 Å². The van der Waals surface area contributed by atoms with E-state index in [0.29, 0.717) is 0 Å². The minimum Gasteiger partial charge on any atom is -0.328 e. The van der Waals surface area contributed by atoms with Gasteiger partial charge in [0.1, 0.15) is 0 Å². The molecule has 2 nitrogen and oxygen atoms in total. The fraction of sp³-hybridized carbons (Fsp3) is 1.00. The average Bonchev–Trinajstić information content (AvgIpc) is 1.65. The molecule has 0 aliphatic rings. The van der Waals surface area contributed by atoms with E-state index in [0.717, 1.165) is 8.46 Å². The first-order chi connectivity index (χ1) is 2.81. The molecule has 0 rings (SSSR count). The lowest BCUT2D eigenvalue weighted by molar-refractivity contribution is 0.245. The topological polar surface area (TPSA) is 32.3 Å². The smallest absolute Gasteiger partial charge is 0.272 e. The minimum absolute atomic E-state index is 0.269. The zero-order chi connectivity index (χ0) is 4.99. The monoisotopic (exact) mass is 105 g/mol. The van der Waals surface area contributed by atoms with Crippen LogP contribution in [-0.2, 0) is 0 Å². The molecule has 0 aromatic heterocycles. The maximum atomic E-state index is 8.09. The lowest BCUT2D eigenvalue weighted by atomic mass is 10.0. The third-order valence-corrected chi connectivity index (χ3v) is 1.62. The van der Waals surface area contributed by atoms with Crippen molar-refractivity contribution >= 4 is 15.0 Å². The Labute approximate surface area is 40.1 Å². The second-order valence-electron chi connectivity index (χ2n) is 1.14. The predicted molar refractivity (Wildman–Crippen MR) is 30.8 cm³/mol. The quantitative estimate of drug-likeness (QED) is 0.302. The van der Waals surface area contributed by atoms with Crippen LogP contribution in [-0.4, -0.2) is 18.4 Å². The molecule has 0 aliphatic carbocycles. The summed E-state index contributed by atoms with van der Waals surface area (Å²) in [5, 5.41) is 10.2. The van der Waals surface area contributed by atoms with Crippen molar-refractivity contribution < 1.29 is 5.21 Å². The van der Waals surface area contributed by atoms with E-state index in [-0.39, 0.29) is 6.57 Å². The van der Waals surface area contributed by atoms with Gasteiger partial charge in [-0.3, -0.25) is 0 Å². The third kappa shape index (κ3) is 2.64. The lowest BCUT2D eigenvalue weighted by Crippen LogP contribution is -2.21. The van der Waals surface area contributed by atoms with Gasteiger partial charge in [0.15, 0.2) is 0 Å². The Morgan fingerprint density at radius 1 is 1.83 bits per heavy atom. The first kappa shape index (κ1) is 6.41. The van der Waals surface area contributed by atoms with Gasteiger partial charge < -0.3 is 5.21 Å². The third-order valence-electron chi connectivity index (χ3n) is 0.627. The molecular formula is C2H9BNOP. The van der Waals surface area contributed by atoms with Crippen LogP contribution in [0.2, 0.25) is 6.82 Å². The fourth-order valence-electron chi connectivity index (χ4n) is 0.0645. The maximum absolute atomic E-state index is 8.09.